The SMILES string of the molecule is CN(C)CCNc1ccc2nc(Nc3c(F)cccc3Cl)c3cncn3c2c1. The van der Waals surface area contributed by atoms with Gasteiger partial charge in [0.25, 0.3) is 0 Å². The van der Waals surface area contributed by atoms with E-state index in [2.05, 4.69) is 25.5 Å². The first-order valence-corrected chi connectivity index (χ1v) is 9.26. The fraction of sp³-hybridized carbons (Fsp3) is 0.200. The normalized spacial score (nSPS) is 11.5. The lowest BCUT2D eigenvalue weighted by molar-refractivity contribution is 0.425. The first-order chi connectivity index (χ1) is 13.5. The van der Waals surface area contributed by atoms with Gasteiger partial charge in [-0.25, -0.2) is 14.4 Å². The van der Waals surface area contributed by atoms with Crippen molar-refractivity contribution in [2.45, 2.75) is 0 Å². The van der Waals surface area contributed by atoms with Crippen LogP contribution in [0.25, 0.3) is 16.6 Å². The van der Waals surface area contributed by atoms with Gasteiger partial charge >= 0.3 is 0 Å². The number of para-hydroxylation sites is 1. The maximum atomic E-state index is 14.2. The number of hydrogen-bond acceptors (Lipinski definition) is 5. The van der Waals surface area contributed by atoms with Crippen LogP contribution in [-0.2, 0) is 0 Å². The number of benzene rings is 2. The van der Waals surface area contributed by atoms with Crippen molar-refractivity contribution in [3.63, 3.8) is 0 Å². The summed E-state index contributed by atoms with van der Waals surface area (Å²) < 4.78 is 16.1. The first kappa shape index (κ1) is 18.5. The van der Waals surface area contributed by atoms with Crippen LogP contribution in [-0.4, -0.2) is 46.5 Å². The summed E-state index contributed by atoms with van der Waals surface area (Å²) in [5, 5.41) is 6.72. The van der Waals surface area contributed by atoms with Gasteiger partial charge in [0.2, 0.25) is 0 Å². The molecule has 2 aromatic carbocycles. The predicted octanol–water partition coefficient (Wildman–Crippen LogP) is 4.39. The number of nitrogens with zero attached hydrogens (tertiary/aromatic N) is 4. The number of fused-ring (bicyclic) bond motifs is 3. The minimum Gasteiger partial charge on any atom is -0.384 e. The van der Waals surface area contributed by atoms with Crippen LogP contribution < -0.4 is 10.6 Å². The molecule has 2 aromatic heterocycles. The van der Waals surface area contributed by atoms with E-state index in [-0.39, 0.29) is 5.69 Å². The van der Waals surface area contributed by atoms with Crippen LogP contribution >= 0.6 is 11.6 Å². The molecule has 0 aliphatic rings. The molecule has 0 bridgehead atoms. The van der Waals surface area contributed by atoms with Crippen molar-refractivity contribution in [1.82, 2.24) is 19.3 Å². The Morgan fingerprint density at radius 2 is 2.04 bits per heavy atom. The van der Waals surface area contributed by atoms with E-state index in [1.165, 1.54) is 6.07 Å². The number of hydrogen-bond donors (Lipinski definition) is 2. The summed E-state index contributed by atoms with van der Waals surface area (Å²) in [6, 6.07) is 10.5. The van der Waals surface area contributed by atoms with Crippen LogP contribution in [0.1, 0.15) is 0 Å². The largest absolute Gasteiger partial charge is 0.384 e. The number of likely N-dealkylation sites (N-methyl/N-ethyl adjacent to an activating group) is 1. The Kier molecular flexibility index (Phi) is 5.02. The van der Waals surface area contributed by atoms with Crippen molar-refractivity contribution < 1.29 is 4.39 Å². The van der Waals surface area contributed by atoms with Gasteiger partial charge in [0.1, 0.15) is 11.3 Å². The van der Waals surface area contributed by atoms with E-state index in [1.807, 2.05) is 36.7 Å². The van der Waals surface area contributed by atoms with Crippen molar-refractivity contribution in [2.24, 2.45) is 0 Å². The molecule has 0 aliphatic heterocycles. The number of imidazole rings is 1. The molecular formula is C20H20ClFN6. The maximum absolute atomic E-state index is 14.2. The molecule has 2 N–H and O–H groups in total. The lowest BCUT2D eigenvalue weighted by atomic mass is 10.2. The maximum Gasteiger partial charge on any atom is 0.157 e. The molecule has 0 aliphatic carbocycles. The predicted molar refractivity (Wildman–Crippen MR) is 112 cm³/mol. The molecule has 0 fully saturated rings. The van der Waals surface area contributed by atoms with Gasteiger partial charge in [0.05, 0.1) is 34.3 Å². The topological polar surface area (TPSA) is 57.5 Å². The number of anilines is 3. The van der Waals surface area contributed by atoms with Crippen molar-refractivity contribution in [2.75, 3.05) is 37.8 Å². The minimum absolute atomic E-state index is 0.195. The van der Waals surface area contributed by atoms with Gasteiger partial charge in [0.15, 0.2) is 5.82 Å². The summed E-state index contributed by atoms with van der Waals surface area (Å²) in [4.78, 5) is 11.0. The van der Waals surface area contributed by atoms with Gasteiger partial charge < -0.3 is 15.5 Å². The van der Waals surface area contributed by atoms with E-state index in [1.54, 1.807) is 24.7 Å². The number of halogens is 2. The second-order valence-electron chi connectivity index (χ2n) is 6.76. The van der Waals surface area contributed by atoms with Gasteiger partial charge in [-0.05, 0) is 44.4 Å². The Hall–Kier alpha value is -2.90. The van der Waals surface area contributed by atoms with Gasteiger partial charge in [-0.2, -0.15) is 0 Å². The summed E-state index contributed by atoms with van der Waals surface area (Å²) in [7, 11) is 4.08. The van der Waals surface area contributed by atoms with Crippen LogP contribution in [0.3, 0.4) is 0 Å². The van der Waals surface area contributed by atoms with E-state index in [9.17, 15) is 4.39 Å². The molecule has 0 spiro atoms. The molecule has 0 saturated carbocycles. The minimum atomic E-state index is -0.437. The molecule has 2 heterocycles. The summed E-state index contributed by atoms with van der Waals surface area (Å²) in [5.74, 6) is 0.0535. The lowest BCUT2D eigenvalue weighted by Gasteiger charge is -2.14. The zero-order chi connectivity index (χ0) is 19.7. The van der Waals surface area contributed by atoms with Crippen LogP contribution in [0.4, 0.5) is 21.6 Å². The van der Waals surface area contributed by atoms with Gasteiger partial charge in [0, 0.05) is 18.8 Å². The zero-order valence-electron chi connectivity index (χ0n) is 15.6. The van der Waals surface area contributed by atoms with Crippen molar-refractivity contribution >= 4 is 45.3 Å². The molecular weight excluding hydrogens is 379 g/mol. The third kappa shape index (κ3) is 3.58. The Labute approximate surface area is 167 Å². The van der Waals surface area contributed by atoms with Crippen LogP contribution in [0, 0.1) is 5.82 Å². The Bertz CT molecular complexity index is 1120. The van der Waals surface area contributed by atoms with Crippen LogP contribution in [0.15, 0.2) is 48.9 Å². The van der Waals surface area contributed by atoms with Crippen LogP contribution in [0.5, 0.6) is 0 Å². The van der Waals surface area contributed by atoms with E-state index in [0.29, 0.717) is 10.8 Å². The van der Waals surface area contributed by atoms with E-state index in [0.717, 1.165) is 35.3 Å². The molecule has 8 heteroatoms. The second kappa shape index (κ2) is 7.61. The second-order valence-corrected chi connectivity index (χ2v) is 7.17. The number of nitrogens with one attached hydrogen (secondary N) is 2. The molecule has 0 radical (unpaired) electrons. The average Bonchev–Trinajstić information content (AvgIpc) is 3.15. The summed E-state index contributed by atoms with van der Waals surface area (Å²) in [5.41, 5.74) is 3.61. The molecule has 0 amide bonds. The smallest absolute Gasteiger partial charge is 0.157 e. The molecule has 144 valence electrons. The summed E-state index contributed by atoms with van der Waals surface area (Å²) in [6.07, 6.45) is 3.41. The molecule has 28 heavy (non-hydrogen) atoms. The standard InChI is InChI=1S/C20H20ClFN6/c1-27(2)9-8-24-13-6-7-16-17(10-13)28-12-23-11-18(28)20(25-16)26-19-14(21)4-3-5-15(19)22/h3-7,10-12,24H,8-9H2,1-2H3,(H,25,26). The Morgan fingerprint density at radius 3 is 2.82 bits per heavy atom. The third-order valence-corrected chi connectivity index (χ3v) is 4.76. The Morgan fingerprint density at radius 1 is 1.18 bits per heavy atom. The van der Waals surface area contributed by atoms with Crippen molar-refractivity contribution in [3.8, 4) is 0 Å². The molecule has 4 aromatic rings. The number of rotatable bonds is 6. The third-order valence-electron chi connectivity index (χ3n) is 4.44. The monoisotopic (exact) mass is 398 g/mol. The molecule has 0 atom stereocenters. The fourth-order valence-corrected chi connectivity index (χ4v) is 3.22. The Balaban J connectivity index is 1.74. The highest BCUT2D eigenvalue weighted by molar-refractivity contribution is 6.33. The van der Waals surface area contributed by atoms with Gasteiger partial charge in [-0.3, -0.25) is 4.40 Å². The highest BCUT2D eigenvalue weighted by Crippen LogP contribution is 2.31. The van der Waals surface area contributed by atoms with E-state index < -0.39 is 5.82 Å². The molecule has 6 nitrogen and oxygen atoms in total. The zero-order valence-corrected chi connectivity index (χ0v) is 16.3. The fourth-order valence-electron chi connectivity index (χ4n) is 3.01. The molecule has 0 unspecified atom stereocenters. The van der Waals surface area contributed by atoms with Gasteiger partial charge in [-0.1, -0.05) is 17.7 Å². The van der Waals surface area contributed by atoms with Crippen molar-refractivity contribution in [3.05, 3.63) is 59.8 Å². The number of aromatic nitrogens is 3. The lowest BCUT2D eigenvalue weighted by Crippen LogP contribution is -2.20. The highest BCUT2D eigenvalue weighted by atomic mass is 35.5. The van der Waals surface area contributed by atoms with Crippen molar-refractivity contribution in [1.29, 1.82) is 0 Å². The summed E-state index contributed by atoms with van der Waals surface area (Å²) in [6.45, 7) is 1.77. The first-order valence-electron chi connectivity index (χ1n) is 8.88. The van der Waals surface area contributed by atoms with E-state index in [4.69, 9.17) is 11.6 Å². The van der Waals surface area contributed by atoms with Crippen LogP contribution in [0.2, 0.25) is 5.02 Å². The van der Waals surface area contributed by atoms with Gasteiger partial charge in [-0.15, -0.1) is 0 Å². The molecule has 0 saturated heterocycles. The highest BCUT2D eigenvalue weighted by Gasteiger charge is 2.13. The van der Waals surface area contributed by atoms with E-state index >= 15 is 0 Å². The molecule has 4 rings (SSSR count). The summed E-state index contributed by atoms with van der Waals surface area (Å²) >= 11 is 6.15. The average molecular weight is 399 g/mol. The quantitative estimate of drug-likeness (QED) is 0.504.